The Labute approximate surface area is 164 Å². The van der Waals surface area contributed by atoms with Crippen molar-refractivity contribution >= 4 is 33.4 Å². The summed E-state index contributed by atoms with van der Waals surface area (Å²) in [5.74, 6) is -0.0857. The molecule has 0 spiro atoms. The summed E-state index contributed by atoms with van der Waals surface area (Å²) < 4.78 is 32.3. The highest BCUT2D eigenvalue weighted by Crippen LogP contribution is 2.27. The minimum Gasteiger partial charge on any atom is -0.496 e. The summed E-state index contributed by atoms with van der Waals surface area (Å²) in [4.78, 5) is 13.9. The minimum atomic E-state index is -3.61. The lowest BCUT2D eigenvalue weighted by molar-refractivity contribution is 0.102. The number of hydrogen-bond donors (Lipinski definition) is 1. The third kappa shape index (κ3) is 4.28. The molecule has 2 aromatic carbocycles. The SMILES string of the molecule is COc1ccc(S(=O)(=O)N2CCCC2)cc1C(=O)Nc1cccc(SC)c1. The van der Waals surface area contributed by atoms with Crippen molar-refractivity contribution in [3.63, 3.8) is 0 Å². The van der Waals surface area contributed by atoms with Gasteiger partial charge >= 0.3 is 0 Å². The van der Waals surface area contributed by atoms with Crippen LogP contribution in [0.15, 0.2) is 52.3 Å². The van der Waals surface area contributed by atoms with Crippen molar-refractivity contribution in [1.29, 1.82) is 0 Å². The van der Waals surface area contributed by atoms with Gasteiger partial charge < -0.3 is 10.1 Å². The molecule has 0 bridgehead atoms. The number of methoxy groups -OCH3 is 1. The fraction of sp³-hybridized carbons (Fsp3) is 0.316. The van der Waals surface area contributed by atoms with Crippen molar-refractivity contribution in [3.05, 3.63) is 48.0 Å². The second-order valence-electron chi connectivity index (χ2n) is 6.16. The van der Waals surface area contributed by atoms with E-state index in [4.69, 9.17) is 4.74 Å². The van der Waals surface area contributed by atoms with Crippen LogP contribution in [0.4, 0.5) is 5.69 Å². The number of ether oxygens (including phenoxy) is 1. The maximum absolute atomic E-state index is 12.8. The number of carbonyl (C=O) groups is 1. The minimum absolute atomic E-state index is 0.105. The first-order valence-corrected chi connectivity index (χ1v) is 11.3. The zero-order valence-electron chi connectivity index (χ0n) is 15.3. The van der Waals surface area contributed by atoms with E-state index in [-0.39, 0.29) is 10.5 Å². The van der Waals surface area contributed by atoms with Crippen molar-refractivity contribution < 1.29 is 17.9 Å². The van der Waals surface area contributed by atoms with Gasteiger partial charge in [0.1, 0.15) is 5.75 Å². The summed E-state index contributed by atoms with van der Waals surface area (Å²) in [6.45, 7) is 1.02. The molecule has 2 aromatic rings. The summed E-state index contributed by atoms with van der Waals surface area (Å²) >= 11 is 1.57. The number of hydrogen-bond acceptors (Lipinski definition) is 5. The Kier molecular flexibility index (Phi) is 6.08. The van der Waals surface area contributed by atoms with E-state index in [1.165, 1.54) is 29.6 Å². The average molecular weight is 407 g/mol. The number of nitrogens with one attached hydrogen (secondary N) is 1. The molecule has 144 valence electrons. The summed E-state index contributed by atoms with van der Waals surface area (Å²) in [5, 5.41) is 2.82. The lowest BCUT2D eigenvalue weighted by Gasteiger charge is -2.17. The Morgan fingerprint density at radius 1 is 1.15 bits per heavy atom. The zero-order valence-corrected chi connectivity index (χ0v) is 16.9. The van der Waals surface area contributed by atoms with Crippen LogP contribution in [-0.4, -0.2) is 45.1 Å². The smallest absolute Gasteiger partial charge is 0.259 e. The van der Waals surface area contributed by atoms with Crippen LogP contribution in [0.1, 0.15) is 23.2 Å². The zero-order chi connectivity index (χ0) is 19.4. The van der Waals surface area contributed by atoms with Crippen molar-refractivity contribution in [2.75, 3.05) is 31.8 Å². The predicted molar refractivity (Wildman–Crippen MR) is 107 cm³/mol. The first-order chi connectivity index (χ1) is 13.0. The highest BCUT2D eigenvalue weighted by atomic mass is 32.2. The van der Waals surface area contributed by atoms with Gasteiger partial charge in [0.2, 0.25) is 10.0 Å². The van der Waals surface area contributed by atoms with Crippen LogP contribution >= 0.6 is 11.8 Å². The van der Waals surface area contributed by atoms with Crippen LogP contribution in [0.5, 0.6) is 5.75 Å². The van der Waals surface area contributed by atoms with Crippen LogP contribution in [0.3, 0.4) is 0 Å². The largest absolute Gasteiger partial charge is 0.496 e. The van der Waals surface area contributed by atoms with E-state index in [1.54, 1.807) is 17.8 Å². The molecule has 1 saturated heterocycles. The molecule has 1 N–H and O–H groups in total. The van der Waals surface area contributed by atoms with Crippen LogP contribution in [0, 0.1) is 0 Å². The predicted octanol–water partition coefficient (Wildman–Crippen LogP) is 3.45. The molecule has 0 radical (unpaired) electrons. The monoisotopic (exact) mass is 406 g/mol. The number of anilines is 1. The highest BCUT2D eigenvalue weighted by molar-refractivity contribution is 7.98. The second kappa shape index (κ2) is 8.33. The molecule has 3 rings (SSSR count). The number of nitrogens with zero attached hydrogens (tertiary/aromatic N) is 1. The van der Waals surface area contributed by atoms with Gasteiger partial charge in [-0.25, -0.2) is 8.42 Å². The highest BCUT2D eigenvalue weighted by Gasteiger charge is 2.28. The van der Waals surface area contributed by atoms with Crippen molar-refractivity contribution in [2.24, 2.45) is 0 Å². The van der Waals surface area contributed by atoms with E-state index in [2.05, 4.69) is 5.32 Å². The third-order valence-corrected chi connectivity index (χ3v) is 7.07. The number of rotatable bonds is 6. The molecule has 1 aliphatic heterocycles. The molecule has 0 saturated carbocycles. The van der Waals surface area contributed by atoms with Gasteiger partial charge in [0, 0.05) is 23.7 Å². The lowest BCUT2D eigenvalue weighted by Crippen LogP contribution is -2.28. The van der Waals surface area contributed by atoms with Crippen molar-refractivity contribution in [3.8, 4) is 5.75 Å². The molecule has 0 atom stereocenters. The standard InChI is InChI=1S/C19H22N2O4S2/c1-25-18-9-8-16(27(23,24)21-10-3-4-11-21)13-17(18)19(22)20-14-6-5-7-15(12-14)26-2/h5-9,12-13H,3-4,10-11H2,1-2H3,(H,20,22). The van der Waals surface area contributed by atoms with Gasteiger partial charge in [-0.3, -0.25) is 4.79 Å². The Hall–Kier alpha value is -2.03. The molecular weight excluding hydrogens is 384 g/mol. The van der Waals surface area contributed by atoms with Crippen LogP contribution < -0.4 is 10.1 Å². The van der Waals surface area contributed by atoms with Gasteiger partial charge in [-0.2, -0.15) is 4.31 Å². The number of benzene rings is 2. The fourth-order valence-electron chi connectivity index (χ4n) is 3.00. The van der Waals surface area contributed by atoms with E-state index in [0.29, 0.717) is 24.5 Å². The fourth-order valence-corrected chi connectivity index (χ4v) is 5.01. The molecule has 0 aliphatic carbocycles. The first kappa shape index (κ1) is 19.7. The van der Waals surface area contributed by atoms with E-state index < -0.39 is 15.9 Å². The van der Waals surface area contributed by atoms with Crippen LogP contribution in [0.2, 0.25) is 0 Å². The molecular formula is C19H22N2O4S2. The van der Waals surface area contributed by atoms with Gasteiger partial charge in [0.05, 0.1) is 17.6 Å². The number of amides is 1. The molecule has 0 aromatic heterocycles. The lowest BCUT2D eigenvalue weighted by atomic mass is 10.2. The third-order valence-electron chi connectivity index (χ3n) is 4.45. The Balaban J connectivity index is 1.92. The molecule has 0 unspecified atom stereocenters. The van der Waals surface area contributed by atoms with E-state index in [0.717, 1.165) is 17.7 Å². The molecule has 6 nitrogen and oxygen atoms in total. The molecule has 27 heavy (non-hydrogen) atoms. The molecule has 1 fully saturated rings. The maximum Gasteiger partial charge on any atom is 0.259 e. The Morgan fingerprint density at radius 3 is 2.56 bits per heavy atom. The Bertz CT molecular complexity index is 938. The topological polar surface area (TPSA) is 75.7 Å². The van der Waals surface area contributed by atoms with Gasteiger partial charge in [0.15, 0.2) is 0 Å². The van der Waals surface area contributed by atoms with Crippen molar-refractivity contribution in [1.82, 2.24) is 4.31 Å². The number of thioether (sulfide) groups is 1. The van der Waals surface area contributed by atoms with E-state index in [9.17, 15) is 13.2 Å². The Morgan fingerprint density at radius 2 is 1.89 bits per heavy atom. The number of carbonyl (C=O) groups excluding carboxylic acids is 1. The summed E-state index contributed by atoms with van der Waals surface area (Å²) in [6.07, 6.45) is 3.67. The first-order valence-electron chi connectivity index (χ1n) is 8.59. The molecule has 1 amide bonds. The second-order valence-corrected chi connectivity index (χ2v) is 8.98. The van der Waals surface area contributed by atoms with Crippen LogP contribution in [0.25, 0.3) is 0 Å². The summed E-state index contributed by atoms with van der Waals surface area (Å²) in [7, 11) is -2.16. The molecule has 8 heteroatoms. The maximum atomic E-state index is 12.8. The molecule has 1 heterocycles. The van der Waals surface area contributed by atoms with Gasteiger partial charge in [-0.1, -0.05) is 6.07 Å². The van der Waals surface area contributed by atoms with Gasteiger partial charge in [0.25, 0.3) is 5.91 Å². The van der Waals surface area contributed by atoms with Gasteiger partial charge in [-0.05, 0) is 55.5 Å². The van der Waals surface area contributed by atoms with E-state index in [1.807, 2.05) is 24.5 Å². The van der Waals surface area contributed by atoms with E-state index >= 15 is 0 Å². The quantitative estimate of drug-likeness (QED) is 0.744. The van der Waals surface area contributed by atoms with Crippen molar-refractivity contribution in [2.45, 2.75) is 22.6 Å². The number of sulfonamides is 1. The van der Waals surface area contributed by atoms with Crippen LogP contribution in [-0.2, 0) is 10.0 Å². The molecule has 1 aliphatic rings. The van der Waals surface area contributed by atoms with Gasteiger partial charge in [-0.15, -0.1) is 11.8 Å². The summed E-state index contributed by atoms with van der Waals surface area (Å²) in [5.41, 5.74) is 0.828. The summed E-state index contributed by atoms with van der Waals surface area (Å²) in [6, 6.07) is 11.8. The normalized spacial score (nSPS) is 14.9. The average Bonchev–Trinajstić information content (AvgIpc) is 3.23.